The zero-order valence-electron chi connectivity index (χ0n) is 5.96. The molecule has 0 aliphatic heterocycles. The van der Waals surface area contributed by atoms with Gasteiger partial charge in [-0.3, -0.25) is 0 Å². The summed E-state index contributed by atoms with van der Waals surface area (Å²) in [4.78, 5) is 8.64. The third-order valence-corrected chi connectivity index (χ3v) is 1.93. The van der Waals surface area contributed by atoms with Crippen molar-refractivity contribution in [3.8, 4) is 0 Å². The van der Waals surface area contributed by atoms with Gasteiger partial charge in [-0.2, -0.15) is 0 Å². The lowest BCUT2D eigenvalue weighted by molar-refractivity contribution is 0.600. The van der Waals surface area contributed by atoms with E-state index in [0.29, 0.717) is 0 Å². The van der Waals surface area contributed by atoms with Crippen LogP contribution < -0.4 is 0 Å². The fourth-order valence-electron chi connectivity index (χ4n) is 0.913. The van der Waals surface area contributed by atoms with Crippen molar-refractivity contribution in [3.63, 3.8) is 0 Å². The van der Waals surface area contributed by atoms with Crippen LogP contribution in [0.5, 0.6) is 0 Å². The first-order valence-electron chi connectivity index (χ1n) is 3.25. The van der Waals surface area contributed by atoms with E-state index in [4.69, 9.17) is 4.80 Å². The Morgan fingerprint density at radius 3 is 2.90 bits per heavy atom. The van der Waals surface area contributed by atoms with E-state index in [9.17, 15) is 0 Å². The highest BCUT2D eigenvalue weighted by molar-refractivity contribution is 6.24. The molecule has 1 rings (SSSR count). The average Bonchev–Trinajstić information content (AvgIpc) is 1.88. The Balaban J connectivity index is 2.75. The molecule has 0 aliphatic carbocycles. The molecular weight excluding hydrogens is 140 g/mol. The van der Waals surface area contributed by atoms with Crippen molar-refractivity contribution in [2.75, 3.05) is 0 Å². The Bertz CT molecular complexity index is 210. The molecule has 0 unspecified atom stereocenters. The van der Waals surface area contributed by atoms with Crippen LogP contribution in [0.4, 0.5) is 0 Å². The minimum atomic E-state index is 0.0316. The molecule has 0 amide bonds. The molecule has 1 N–H and O–H groups in total. The first-order valence-corrected chi connectivity index (χ1v) is 4.41. The topological polar surface area (TPSA) is 20.2 Å². The molecule has 2 heteroatoms. The van der Waals surface area contributed by atoms with Gasteiger partial charge < -0.3 is 4.80 Å². The lowest BCUT2D eigenvalue weighted by atomic mass is 10.2. The highest BCUT2D eigenvalue weighted by atomic mass is 28.2. The van der Waals surface area contributed by atoms with Gasteiger partial charge in [-0.05, 0) is 18.5 Å². The molecule has 0 aliphatic rings. The molecule has 0 saturated carbocycles. The maximum atomic E-state index is 8.64. The Morgan fingerprint density at radius 1 is 1.50 bits per heavy atom. The molecule has 0 spiro atoms. The molecule has 1 aromatic rings. The van der Waals surface area contributed by atoms with Crippen LogP contribution in [0.1, 0.15) is 11.1 Å². The molecule has 10 heavy (non-hydrogen) atoms. The van der Waals surface area contributed by atoms with E-state index >= 15 is 0 Å². The standard InChI is InChI=1S/C8H10OSi/c1-7-3-2-4-8(5-7)6-10-9/h2-5,9H,6H2,1H3. The molecule has 2 radical (unpaired) electrons. The number of benzene rings is 1. The monoisotopic (exact) mass is 150 g/mol. The fourth-order valence-corrected chi connectivity index (χ4v) is 1.32. The van der Waals surface area contributed by atoms with Crippen molar-refractivity contribution in [2.45, 2.75) is 13.0 Å². The largest absolute Gasteiger partial charge is 0.431 e. The van der Waals surface area contributed by atoms with Gasteiger partial charge in [0.25, 0.3) is 0 Å². The summed E-state index contributed by atoms with van der Waals surface area (Å²) in [6.07, 6.45) is 0. The Labute approximate surface area is 63.7 Å². The van der Waals surface area contributed by atoms with Crippen molar-refractivity contribution in [3.05, 3.63) is 35.4 Å². The van der Waals surface area contributed by atoms with E-state index in [2.05, 4.69) is 19.1 Å². The molecule has 52 valence electrons. The summed E-state index contributed by atoms with van der Waals surface area (Å²) < 4.78 is 0. The van der Waals surface area contributed by atoms with Crippen LogP contribution in [0.15, 0.2) is 24.3 Å². The van der Waals surface area contributed by atoms with Crippen molar-refractivity contribution in [2.24, 2.45) is 0 Å². The summed E-state index contributed by atoms with van der Waals surface area (Å²) in [7, 11) is 0.0316. The van der Waals surface area contributed by atoms with Crippen molar-refractivity contribution >= 4 is 9.76 Å². The van der Waals surface area contributed by atoms with Crippen molar-refractivity contribution < 1.29 is 4.80 Å². The second-order valence-corrected chi connectivity index (χ2v) is 2.99. The predicted molar refractivity (Wildman–Crippen MR) is 42.9 cm³/mol. The Morgan fingerprint density at radius 2 is 2.30 bits per heavy atom. The van der Waals surface area contributed by atoms with Gasteiger partial charge in [0.05, 0.1) is 0 Å². The minimum absolute atomic E-state index is 0.0316. The predicted octanol–water partition coefficient (Wildman–Crippen LogP) is 1.11. The Kier molecular flexibility index (Phi) is 2.65. The third-order valence-electron chi connectivity index (χ3n) is 1.37. The van der Waals surface area contributed by atoms with Gasteiger partial charge >= 0.3 is 0 Å². The second kappa shape index (κ2) is 3.54. The molecule has 0 fully saturated rings. The van der Waals surface area contributed by atoms with Gasteiger partial charge in [-0.25, -0.2) is 0 Å². The van der Waals surface area contributed by atoms with E-state index in [1.165, 1.54) is 11.1 Å². The summed E-state index contributed by atoms with van der Waals surface area (Å²) >= 11 is 0. The molecule has 0 bridgehead atoms. The quantitative estimate of drug-likeness (QED) is 0.626. The van der Waals surface area contributed by atoms with Gasteiger partial charge in [-0.1, -0.05) is 29.8 Å². The minimum Gasteiger partial charge on any atom is -0.431 e. The van der Waals surface area contributed by atoms with Crippen LogP contribution in [0, 0.1) is 6.92 Å². The van der Waals surface area contributed by atoms with Gasteiger partial charge in [-0.15, -0.1) is 0 Å². The SMILES string of the molecule is Cc1cccc(C[Si]O)c1. The second-order valence-electron chi connectivity index (χ2n) is 2.32. The number of rotatable bonds is 2. The first-order chi connectivity index (χ1) is 4.83. The molecule has 1 aromatic carbocycles. The number of aryl methyl sites for hydroxylation is 1. The van der Waals surface area contributed by atoms with Crippen LogP contribution in [0.25, 0.3) is 0 Å². The van der Waals surface area contributed by atoms with Crippen LogP contribution in [0.2, 0.25) is 0 Å². The number of hydrogen-bond donors (Lipinski definition) is 1. The van der Waals surface area contributed by atoms with Crippen molar-refractivity contribution in [1.82, 2.24) is 0 Å². The normalized spacial score (nSPS) is 9.80. The van der Waals surface area contributed by atoms with Crippen molar-refractivity contribution in [1.29, 1.82) is 0 Å². The van der Waals surface area contributed by atoms with Crippen LogP contribution in [-0.4, -0.2) is 14.6 Å². The van der Waals surface area contributed by atoms with Crippen LogP contribution in [0.3, 0.4) is 0 Å². The summed E-state index contributed by atoms with van der Waals surface area (Å²) in [6, 6.07) is 9.01. The average molecular weight is 150 g/mol. The fraction of sp³-hybridized carbons (Fsp3) is 0.250. The van der Waals surface area contributed by atoms with E-state index in [1.807, 2.05) is 12.1 Å². The molecular formula is C8H10OSi. The smallest absolute Gasteiger partial charge is 0.229 e. The van der Waals surface area contributed by atoms with Gasteiger partial charge in [0.1, 0.15) is 0 Å². The lowest BCUT2D eigenvalue weighted by Gasteiger charge is -1.96. The van der Waals surface area contributed by atoms with Gasteiger partial charge in [0.2, 0.25) is 9.76 Å². The van der Waals surface area contributed by atoms with Gasteiger partial charge in [0.15, 0.2) is 0 Å². The molecule has 0 saturated heterocycles. The van der Waals surface area contributed by atoms with Gasteiger partial charge in [0, 0.05) is 0 Å². The lowest BCUT2D eigenvalue weighted by Crippen LogP contribution is -1.94. The Hall–Kier alpha value is -0.603. The maximum absolute atomic E-state index is 8.64. The molecule has 1 nitrogen and oxygen atoms in total. The van der Waals surface area contributed by atoms with E-state index < -0.39 is 0 Å². The third kappa shape index (κ3) is 1.97. The first kappa shape index (κ1) is 7.50. The van der Waals surface area contributed by atoms with Crippen LogP contribution in [-0.2, 0) is 6.04 Å². The summed E-state index contributed by atoms with van der Waals surface area (Å²) in [5.74, 6) is 0. The number of hydrogen-bond acceptors (Lipinski definition) is 1. The zero-order chi connectivity index (χ0) is 7.40. The highest BCUT2D eigenvalue weighted by Crippen LogP contribution is 2.02. The van der Waals surface area contributed by atoms with E-state index in [-0.39, 0.29) is 9.76 Å². The molecule has 0 aromatic heterocycles. The maximum Gasteiger partial charge on any atom is 0.229 e. The highest BCUT2D eigenvalue weighted by Gasteiger charge is 1.91. The summed E-state index contributed by atoms with van der Waals surface area (Å²) in [5, 5.41) is 0. The van der Waals surface area contributed by atoms with E-state index in [0.717, 1.165) is 6.04 Å². The molecule has 0 atom stereocenters. The van der Waals surface area contributed by atoms with Crippen LogP contribution >= 0.6 is 0 Å². The zero-order valence-corrected chi connectivity index (χ0v) is 6.96. The van der Waals surface area contributed by atoms with E-state index in [1.54, 1.807) is 0 Å². The summed E-state index contributed by atoms with van der Waals surface area (Å²) in [6.45, 7) is 2.06. The summed E-state index contributed by atoms with van der Waals surface area (Å²) in [5.41, 5.74) is 2.48. The molecule has 0 heterocycles.